The average Bonchev–Trinajstić information content (AvgIpc) is 2.39. The van der Waals surface area contributed by atoms with Gasteiger partial charge in [-0.15, -0.1) is 0 Å². The van der Waals surface area contributed by atoms with E-state index in [0.717, 1.165) is 17.1 Å². The molecule has 0 aliphatic heterocycles. The van der Waals surface area contributed by atoms with Gasteiger partial charge < -0.3 is 15.2 Å². The first-order valence-corrected chi connectivity index (χ1v) is 6.40. The highest BCUT2D eigenvalue weighted by Crippen LogP contribution is 2.21. The van der Waals surface area contributed by atoms with Crippen LogP contribution in [-0.4, -0.2) is 13.2 Å². The number of benzene rings is 2. The third-order valence-electron chi connectivity index (χ3n) is 2.62. The Morgan fingerprint density at radius 2 is 1.84 bits per heavy atom. The van der Waals surface area contributed by atoms with Gasteiger partial charge in [-0.25, -0.2) is 0 Å². The predicted octanol–water partition coefficient (Wildman–Crippen LogP) is 3.69. The number of hydrogen-bond acceptors (Lipinski definition) is 3. The molecule has 4 heteroatoms. The molecule has 0 unspecified atom stereocenters. The Kier molecular flexibility index (Phi) is 4.53. The van der Waals surface area contributed by atoms with E-state index >= 15 is 0 Å². The number of rotatable bonds is 5. The minimum atomic E-state index is 0.453. The quantitative estimate of drug-likeness (QED) is 0.670. The molecule has 0 radical (unpaired) electrons. The van der Waals surface area contributed by atoms with Gasteiger partial charge >= 0.3 is 0 Å². The van der Waals surface area contributed by atoms with Crippen molar-refractivity contribution in [2.45, 2.75) is 6.92 Å². The fraction of sp³-hybridized carbons (Fsp3) is 0.200. The van der Waals surface area contributed by atoms with Crippen molar-refractivity contribution >= 4 is 17.3 Å². The standard InChI is InChI=1S/C15H16ClNO2/c1-11-5-6-13(17)10-15(11)19-8-7-18-14-4-2-3-12(16)9-14/h2-6,9-10H,7-8,17H2,1H3. The highest BCUT2D eigenvalue weighted by Gasteiger charge is 2.00. The molecule has 0 spiro atoms. The van der Waals surface area contributed by atoms with Crippen LogP contribution in [0.2, 0.25) is 5.02 Å². The second-order valence-electron chi connectivity index (χ2n) is 4.18. The molecule has 19 heavy (non-hydrogen) atoms. The number of aryl methyl sites for hydroxylation is 1. The molecule has 0 aromatic heterocycles. The highest BCUT2D eigenvalue weighted by molar-refractivity contribution is 6.30. The van der Waals surface area contributed by atoms with Crippen molar-refractivity contribution in [2.24, 2.45) is 0 Å². The van der Waals surface area contributed by atoms with E-state index in [2.05, 4.69) is 0 Å². The highest BCUT2D eigenvalue weighted by atomic mass is 35.5. The van der Waals surface area contributed by atoms with Crippen molar-refractivity contribution in [1.29, 1.82) is 0 Å². The maximum absolute atomic E-state index is 5.87. The molecule has 0 bridgehead atoms. The summed E-state index contributed by atoms with van der Waals surface area (Å²) in [5.41, 5.74) is 7.46. The van der Waals surface area contributed by atoms with Crippen LogP contribution in [0.4, 0.5) is 5.69 Å². The van der Waals surface area contributed by atoms with E-state index in [-0.39, 0.29) is 0 Å². The number of anilines is 1. The zero-order chi connectivity index (χ0) is 13.7. The van der Waals surface area contributed by atoms with Crippen LogP contribution in [0.3, 0.4) is 0 Å². The van der Waals surface area contributed by atoms with E-state index in [1.807, 2.05) is 37.3 Å². The van der Waals surface area contributed by atoms with Gasteiger partial charge in [-0.1, -0.05) is 23.7 Å². The van der Waals surface area contributed by atoms with Gasteiger partial charge in [-0.2, -0.15) is 0 Å². The summed E-state index contributed by atoms with van der Waals surface area (Å²) in [7, 11) is 0. The molecule has 0 heterocycles. The summed E-state index contributed by atoms with van der Waals surface area (Å²) < 4.78 is 11.2. The second-order valence-corrected chi connectivity index (χ2v) is 4.62. The Bertz CT molecular complexity index is 558. The maximum atomic E-state index is 5.87. The topological polar surface area (TPSA) is 44.5 Å². The van der Waals surface area contributed by atoms with Crippen LogP contribution in [-0.2, 0) is 0 Å². The summed E-state index contributed by atoms with van der Waals surface area (Å²) >= 11 is 5.87. The van der Waals surface area contributed by atoms with E-state index in [1.54, 1.807) is 12.1 Å². The molecule has 100 valence electrons. The summed E-state index contributed by atoms with van der Waals surface area (Å²) in [4.78, 5) is 0. The van der Waals surface area contributed by atoms with Crippen LogP contribution in [0.15, 0.2) is 42.5 Å². The van der Waals surface area contributed by atoms with Crippen molar-refractivity contribution in [3.05, 3.63) is 53.1 Å². The van der Waals surface area contributed by atoms with Gasteiger partial charge in [0.05, 0.1) is 0 Å². The number of nitrogen functional groups attached to an aromatic ring is 1. The first kappa shape index (κ1) is 13.6. The van der Waals surface area contributed by atoms with Crippen LogP contribution in [0.25, 0.3) is 0 Å². The molecular weight excluding hydrogens is 262 g/mol. The smallest absolute Gasteiger partial charge is 0.124 e. The largest absolute Gasteiger partial charge is 0.490 e. The Morgan fingerprint density at radius 1 is 1.05 bits per heavy atom. The lowest BCUT2D eigenvalue weighted by atomic mass is 10.2. The van der Waals surface area contributed by atoms with Crippen molar-refractivity contribution < 1.29 is 9.47 Å². The van der Waals surface area contributed by atoms with Crippen LogP contribution in [0, 0.1) is 6.92 Å². The maximum Gasteiger partial charge on any atom is 0.124 e. The molecule has 0 aliphatic carbocycles. The normalized spacial score (nSPS) is 10.2. The molecule has 2 aromatic carbocycles. The summed E-state index contributed by atoms with van der Waals surface area (Å²) in [6, 6.07) is 12.9. The van der Waals surface area contributed by atoms with Crippen molar-refractivity contribution in [1.82, 2.24) is 0 Å². The minimum Gasteiger partial charge on any atom is -0.490 e. The van der Waals surface area contributed by atoms with Gasteiger partial charge in [0, 0.05) is 16.8 Å². The average molecular weight is 278 g/mol. The fourth-order valence-electron chi connectivity index (χ4n) is 1.64. The monoisotopic (exact) mass is 277 g/mol. The molecule has 3 nitrogen and oxygen atoms in total. The summed E-state index contributed by atoms with van der Waals surface area (Å²) in [5.74, 6) is 1.52. The van der Waals surface area contributed by atoms with E-state index < -0.39 is 0 Å². The van der Waals surface area contributed by atoms with Crippen molar-refractivity contribution in [3.63, 3.8) is 0 Å². The molecular formula is C15H16ClNO2. The van der Waals surface area contributed by atoms with Crippen LogP contribution in [0.5, 0.6) is 11.5 Å². The van der Waals surface area contributed by atoms with Crippen LogP contribution < -0.4 is 15.2 Å². The first-order chi connectivity index (χ1) is 9.15. The third kappa shape index (κ3) is 4.07. The molecule has 0 atom stereocenters. The lowest BCUT2D eigenvalue weighted by Gasteiger charge is -2.11. The zero-order valence-corrected chi connectivity index (χ0v) is 11.5. The van der Waals surface area contributed by atoms with Gasteiger partial charge in [0.15, 0.2) is 0 Å². The molecule has 0 amide bonds. The predicted molar refractivity (Wildman–Crippen MR) is 78.0 cm³/mol. The summed E-state index contributed by atoms with van der Waals surface area (Å²) in [6.07, 6.45) is 0. The summed E-state index contributed by atoms with van der Waals surface area (Å²) in [6.45, 7) is 2.89. The second kappa shape index (κ2) is 6.34. The summed E-state index contributed by atoms with van der Waals surface area (Å²) in [5, 5.41) is 0.657. The number of halogens is 1. The molecule has 0 fully saturated rings. The van der Waals surface area contributed by atoms with Gasteiger partial charge in [-0.3, -0.25) is 0 Å². The SMILES string of the molecule is Cc1ccc(N)cc1OCCOc1cccc(Cl)c1. The molecule has 2 aromatic rings. The van der Waals surface area contributed by atoms with Gasteiger partial charge in [0.2, 0.25) is 0 Å². The van der Waals surface area contributed by atoms with Crippen LogP contribution in [0.1, 0.15) is 5.56 Å². The number of nitrogens with two attached hydrogens (primary N) is 1. The Labute approximate surface area is 117 Å². The van der Waals surface area contributed by atoms with E-state index in [9.17, 15) is 0 Å². The number of ether oxygens (including phenoxy) is 2. The number of hydrogen-bond donors (Lipinski definition) is 1. The third-order valence-corrected chi connectivity index (χ3v) is 2.85. The van der Waals surface area contributed by atoms with Gasteiger partial charge in [-0.05, 0) is 36.8 Å². The van der Waals surface area contributed by atoms with Gasteiger partial charge in [0.1, 0.15) is 24.7 Å². The lowest BCUT2D eigenvalue weighted by molar-refractivity contribution is 0.216. The van der Waals surface area contributed by atoms with Crippen LogP contribution >= 0.6 is 11.6 Å². The first-order valence-electron chi connectivity index (χ1n) is 6.02. The van der Waals surface area contributed by atoms with E-state index in [4.69, 9.17) is 26.8 Å². The molecule has 0 aliphatic rings. The lowest BCUT2D eigenvalue weighted by Crippen LogP contribution is -2.09. The Morgan fingerprint density at radius 3 is 2.63 bits per heavy atom. The molecule has 2 rings (SSSR count). The Balaban J connectivity index is 1.82. The molecule has 2 N–H and O–H groups in total. The molecule has 0 saturated carbocycles. The van der Waals surface area contributed by atoms with E-state index in [0.29, 0.717) is 23.9 Å². The Hall–Kier alpha value is -1.87. The minimum absolute atomic E-state index is 0.453. The van der Waals surface area contributed by atoms with Crippen molar-refractivity contribution in [2.75, 3.05) is 18.9 Å². The van der Waals surface area contributed by atoms with Gasteiger partial charge in [0.25, 0.3) is 0 Å². The fourth-order valence-corrected chi connectivity index (χ4v) is 1.82. The zero-order valence-electron chi connectivity index (χ0n) is 10.7. The van der Waals surface area contributed by atoms with E-state index in [1.165, 1.54) is 0 Å². The molecule has 0 saturated heterocycles. The van der Waals surface area contributed by atoms with Crippen molar-refractivity contribution in [3.8, 4) is 11.5 Å².